The van der Waals surface area contributed by atoms with E-state index >= 15 is 0 Å². The maximum atomic E-state index is 12.9. The topological polar surface area (TPSA) is 58.5 Å². The van der Waals surface area contributed by atoms with E-state index in [1.807, 2.05) is 48.5 Å². The SMILES string of the molecule is CS(=O)C1=NN[C@@H](c2ccccc2)[C@H](C(=O)c2ccccc2)S1. The van der Waals surface area contributed by atoms with Crippen molar-refractivity contribution in [3.63, 3.8) is 0 Å². The first kappa shape index (κ1) is 16.0. The quantitative estimate of drug-likeness (QED) is 0.870. The molecule has 6 heteroatoms. The third-order valence-corrected chi connectivity index (χ3v) is 6.16. The van der Waals surface area contributed by atoms with Gasteiger partial charge in [-0.25, -0.2) is 0 Å². The Morgan fingerprint density at radius 3 is 2.30 bits per heavy atom. The summed E-state index contributed by atoms with van der Waals surface area (Å²) < 4.78 is 12.2. The molecule has 3 rings (SSSR count). The maximum Gasteiger partial charge on any atom is 0.180 e. The average Bonchev–Trinajstić information content (AvgIpc) is 2.62. The molecule has 0 fully saturated rings. The lowest BCUT2D eigenvalue weighted by Gasteiger charge is -2.29. The molecule has 4 nitrogen and oxygen atoms in total. The second kappa shape index (κ2) is 7.10. The van der Waals surface area contributed by atoms with Crippen molar-refractivity contribution in [2.45, 2.75) is 11.3 Å². The Labute approximate surface area is 141 Å². The van der Waals surface area contributed by atoms with E-state index in [9.17, 15) is 9.00 Å². The van der Waals surface area contributed by atoms with Gasteiger partial charge < -0.3 is 0 Å². The van der Waals surface area contributed by atoms with E-state index < -0.39 is 16.0 Å². The van der Waals surface area contributed by atoms with Crippen LogP contribution < -0.4 is 5.43 Å². The molecular formula is C17H16N2O2S2. The lowest BCUT2D eigenvalue weighted by molar-refractivity contribution is 0.0976. The van der Waals surface area contributed by atoms with E-state index in [2.05, 4.69) is 10.5 Å². The molecule has 1 N–H and O–H groups in total. The Morgan fingerprint density at radius 2 is 1.70 bits per heavy atom. The molecule has 1 heterocycles. The third kappa shape index (κ3) is 3.54. The number of hydrogen-bond donors (Lipinski definition) is 1. The molecule has 0 aliphatic carbocycles. The Bertz CT molecular complexity index is 748. The summed E-state index contributed by atoms with van der Waals surface area (Å²) in [5.74, 6) is 0.00908. The number of carbonyl (C=O) groups is 1. The lowest BCUT2D eigenvalue weighted by atomic mass is 9.98. The van der Waals surface area contributed by atoms with E-state index in [1.165, 1.54) is 11.8 Å². The van der Waals surface area contributed by atoms with Crippen molar-refractivity contribution >= 4 is 32.7 Å². The van der Waals surface area contributed by atoms with Gasteiger partial charge in [0, 0.05) is 11.8 Å². The summed E-state index contributed by atoms with van der Waals surface area (Å²) in [6, 6.07) is 18.7. The number of ketones is 1. The summed E-state index contributed by atoms with van der Waals surface area (Å²) in [5, 5.41) is 3.78. The van der Waals surface area contributed by atoms with Crippen molar-refractivity contribution in [2.24, 2.45) is 5.10 Å². The van der Waals surface area contributed by atoms with Gasteiger partial charge in [-0.05, 0) is 5.56 Å². The van der Waals surface area contributed by atoms with Gasteiger partial charge >= 0.3 is 0 Å². The fourth-order valence-electron chi connectivity index (χ4n) is 2.41. The lowest BCUT2D eigenvalue weighted by Crippen LogP contribution is -2.38. The minimum atomic E-state index is -1.22. The zero-order valence-electron chi connectivity index (χ0n) is 12.5. The van der Waals surface area contributed by atoms with Gasteiger partial charge in [0.15, 0.2) is 10.2 Å². The summed E-state index contributed by atoms with van der Waals surface area (Å²) in [6.45, 7) is 0. The zero-order chi connectivity index (χ0) is 16.2. The molecule has 2 aromatic rings. The molecule has 1 aliphatic heterocycles. The second-order valence-corrected chi connectivity index (χ2v) is 7.80. The average molecular weight is 344 g/mol. The number of rotatable bonds is 3. The highest BCUT2D eigenvalue weighted by atomic mass is 32.2. The smallest absolute Gasteiger partial charge is 0.180 e. The van der Waals surface area contributed by atoms with Crippen molar-refractivity contribution in [3.8, 4) is 0 Å². The van der Waals surface area contributed by atoms with Crippen LogP contribution in [0.2, 0.25) is 0 Å². The summed E-state index contributed by atoms with van der Waals surface area (Å²) in [7, 11) is -1.22. The van der Waals surface area contributed by atoms with E-state index in [-0.39, 0.29) is 11.8 Å². The number of nitrogens with one attached hydrogen (secondary N) is 1. The van der Waals surface area contributed by atoms with Gasteiger partial charge in [-0.2, -0.15) is 5.10 Å². The molecule has 1 aliphatic rings. The highest BCUT2D eigenvalue weighted by Gasteiger charge is 2.36. The summed E-state index contributed by atoms with van der Waals surface area (Å²) in [5.41, 5.74) is 4.65. The van der Waals surface area contributed by atoms with E-state index in [1.54, 1.807) is 18.4 Å². The van der Waals surface area contributed by atoms with Crippen molar-refractivity contribution in [2.75, 3.05) is 6.26 Å². The molecule has 0 radical (unpaired) electrons. The van der Waals surface area contributed by atoms with Gasteiger partial charge in [0.05, 0.1) is 16.8 Å². The van der Waals surface area contributed by atoms with E-state index in [0.29, 0.717) is 9.94 Å². The molecule has 0 bridgehead atoms. The molecule has 0 amide bonds. The Morgan fingerprint density at radius 1 is 1.09 bits per heavy atom. The molecule has 0 aromatic heterocycles. The Kier molecular flexibility index (Phi) is 4.93. The monoisotopic (exact) mass is 344 g/mol. The highest BCUT2D eigenvalue weighted by Crippen LogP contribution is 2.34. The van der Waals surface area contributed by atoms with E-state index in [4.69, 9.17) is 0 Å². The van der Waals surface area contributed by atoms with Crippen LogP contribution in [-0.2, 0) is 10.8 Å². The molecule has 0 saturated heterocycles. The van der Waals surface area contributed by atoms with Crippen LogP contribution in [0.15, 0.2) is 65.8 Å². The first-order chi connectivity index (χ1) is 11.2. The molecule has 3 atom stereocenters. The van der Waals surface area contributed by atoms with Crippen LogP contribution in [0.25, 0.3) is 0 Å². The van der Waals surface area contributed by atoms with Crippen LogP contribution in [0.5, 0.6) is 0 Å². The number of Topliss-reactive ketones (excluding diaryl/α,β-unsaturated/α-hetero) is 1. The standard InChI is InChI=1S/C17H16N2O2S2/c1-23(21)17-19-18-14(12-8-4-2-5-9-12)16(22-17)15(20)13-10-6-3-7-11-13/h2-11,14,16,18H,1H3/t14-,16+,23?/m0/s1. The molecule has 2 aromatic carbocycles. The third-order valence-electron chi connectivity index (χ3n) is 3.55. The van der Waals surface area contributed by atoms with Gasteiger partial charge in [-0.3, -0.25) is 14.4 Å². The van der Waals surface area contributed by atoms with Gasteiger partial charge in [0.2, 0.25) is 0 Å². The number of carbonyl (C=O) groups excluding carboxylic acids is 1. The highest BCUT2D eigenvalue weighted by molar-refractivity contribution is 8.33. The summed E-state index contributed by atoms with van der Waals surface area (Å²) >= 11 is 1.28. The predicted octanol–water partition coefficient (Wildman–Crippen LogP) is 2.97. The number of nitrogens with zero attached hydrogens (tertiary/aromatic N) is 1. The van der Waals surface area contributed by atoms with Crippen LogP contribution in [0.1, 0.15) is 22.0 Å². The maximum absolute atomic E-state index is 12.9. The van der Waals surface area contributed by atoms with Gasteiger partial charge in [0.1, 0.15) is 5.25 Å². The molecule has 0 spiro atoms. The van der Waals surface area contributed by atoms with Crippen LogP contribution in [0.4, 0.5) is 0 Å². The molecule has 1 unspecified atom stereocenters. The zero-order valence-corrected chi connectivity index (χ0v) is 14.1. The van der Waals surface area contributed by atoms with Crippen molar-refractivity contribution in [3.05, 3.63) is 71.8 Å². The van der Waals surface area contributed by atoms with Gasteiger partial charge in [-0.1, -0.05) is 72.4 Å². The number of hydrazone groups is 1. The number of benzene rings is 2. The summed E-state index contributed by atoms with van der Waals surface area (Å²) in [6.07, 6.45) is 1.57. The van der Waals surface area contributed by atoms with Crippen LogP contribution in [0.3, 0.4) is 0 Å². The molecule has 0 saturated carbocycles. The molecular weight excluding hydrogens is 328 g/mol. The van der Waals surface area contributed by atoms with Crippen molar-refractivity contribution in [1.82, 2.24) is 5.43 Å². The minimum absolute atomic E-state index is 0.00908. The second-order valence-electron chi connectivity index (χ2n) is 5.12. The van der Waals surface area contributed by atoms with E-state index in [0.717, 1.165) is 5.56 Å². The molecule has 23 heavy (non-hydrogen) atoms. The Hall–Kier alpha value is -1.92. The fraction of sp³-hybridized carbons (Fsp3) is 0.176. The van der Waals surface area contributed by atoms with Crippen LogP contribution in [-0.4, -0.2) is 25.9 Å². The van der Waals surface area contributed by atoms with Gasteiger partial charge in [-0.15, -0.1) is 0 Å². The first-order valence-electron chi connectivity index (χ1n) is 7.14. The van der Waals surface area contributed by atoms with Crippen molar-refractivity contribution in [1.29, 1.82) is 0 Å². The fourth-order valence-corrected chi connectivity index (χ4v) is 4.36. The largest absolute Gasteiger partial charge is 0.299 e. The van der Waals surface area contributed by atoms with Gasteiger partial charge in [0.25, 0.3) is 0 Å². The minimum Gasteiger partial charge on any atom is -0.299 e. The normalized spacial score (nSPS) is 21.9. The Balaban J connectivity index is 1.97. The van der Waals surface area contributed by atoms with Crippen LogP contribution in [0, 0.1) is 0 Å². The summed E-state index contributed by atoms with van der Waals surface area (Å²) in [4.78, 5) is 12.9. The van der Waals surface area contributed by atoms with Crippen molar-refractivity contribution < 1.29 is 9.00 Å². The van der Waals surface area contributed by atoms with Crippen LogP contribution >= 0.6 is 11.8 Å². The first-order valence-corrected chi connectivity index (χ1v) is 9.58. The molecule has 118 valence electrons. The number of thioether (sulfide) groups is 1. The number of hydrogen-bond acceptors (Lipinski definition) is 5. The predicted molar refractivity (Wildman–Crippen MR) is 96.0 cm³/mol.